The van der Waals surface area contributed by atoms with Gasteiger partial charge < -0.3 is 61.5 Å². The molecule has 0 unspecified atom stereocenters. The monoisotopic (exact) mass is 1420 g/mol. The molecule has 12 rings (SSSR count). The Bertz CT molecular complexity index is 4820. The van der Waals surface area contributed by atoms with Crippen LogP contribution in [-0.2, 0) is 38.8 Å². The summed E-state index contributed by atoms with van der Waals surface area (Å²) in [7, 11) is 11.1. The maximum Gasteiger partial charge on any atom is 0.246 e. The second kappa shape index (κ2) is 39.5. The molecular weight excluding hydrogens is 1330 g/mol. The second-order valence-corrected chi connectivity index (χ2v) is 23.4. The van der Waals surface area contributed by atoms with Crippen molar-refractivity contribution in [2.24, 2.45) is 0 Å². The highest BCUT2D eigenvalue weighted by molar-refractivity contribution is 6.00. The van der Waals surface area contributed by atoms with E-state index in [0.29, 0.717) is 138 Å². The minimum Gasteiger partial charge on any atom is -0.457 e. The molecule has 27 heteroatoms. The van der Waals surface area contributed by atoms with E-state index in [0.717, 1.165) is 39.7 Å². The molecule has 0 atom stereocenters. The van der Waals surface area contributed by atoms with Crippen LogP contribution in [0.1, 0.15) is 22.3 Å². The summed E-state index contributed by atoms with van der Waals surface area (Å²) >= 11 is 0. The molecule has 8 N–H and O–H groups in total. The van der Waals surface area contributed by atoms with Crippen LogP contribution in [0.25, 0.3) is 66.9 Å². The summed E-state index contributed by atoms with van der Waals surface area (Å²) in [5, 5.41) is 21.9. The van der Waals surface area contributed by atoms with Crippen molar-refractivity contribution in [1.82, 2.24) is 84.6 Å². The molecule has 6 heterocycles. The Labute approximate surface area is 611 Å². The molecule has 105 heavy (non-hydrogen) atoms. The Balaban J connectivity index is 0.000000217. The first kappa shape index (κ1) is 79.6. The molecule has 12 aromatic rings. The van der Waals surface area contributed by atoms with Crippen molar-refractivity contribution in [1.29, 1.82) is 0 Å². The van der Waals surface area contributed by atoms with Crippen molar-refractivity contribution in [2.45, 2.75) is 41.9 Å². The first-order valence-electron chi connectivity index (χ1n) is 32.6. The number of ether oxygens (including phenoxy) is 4. The first-order valence-corrected chi connectivity index (χ1v) is 32.6. The maximum absolute atomic E-state index is 12.4. The Morgan fingerprint density at radius 2 is 0.733 bits per heavy atom. The van der Waals surface area contributed by atoms with Crippen LogP contribution in [0.15, 0.2) is 219 Å². The van der Waals surface area contributed by atoms with Crippen LogP contribution < -0.4 is 42.0 Å². The van der Waals surface area contributed by atoms with E-state index in [4.69, 9.17) is 51.4 Å². The van der Waals surface area contributed by atoms with Crippen LogP contribution in [0.3, 0.4) is 0 Å². The van der Waals surface area contributed by atoms with Gasteiger partial charge in [0.15, 0.2) is 16.9 Å². The molecule has 0 radical (unpaired) electrons. The molecule has 6 aromatic carbocycles. The van der Waals surface area contributed by atoms with Crippen LogP contribution in [0, 0.1) is 0 Å². The van der Waals surface area contributed by atoms with Gasteiger partial charge in [0.2, 0.25) is 17.7 Å². The van der Waals surface area contributed by atoms with E-state index in [1.54, 1.807) is 45.3 Å². The number of nitrogens with zero attached hydrogens (tertiary/aromatic N) is 15. The largest absolute Gasteiger partial charge is 0.457 e. The topological polar surface area (TPSA) is 331 Å². The third-order valence-electron chi connectivity index (χ3n) is 15.3. The van der Waals surface area contributed by atoms with E-state index in [-0.39, 0.29) is 40.0 Å². The molecule has 0 aliphatic rings. The van der Waals surface area contributed by atoms with Crippen LogP contribution in [-0.4, -0.2) is 173 Å². The van der Waals surface area contributed by atoms with Crippen molar-refractivity contribution in [3.8, 4) is 68.3 Å². The molecule has 0 bridgehead atoms. The smallest absolute Gasteiger partial charge is 0.246 e. The van der Waals surface area contributed by atoms with E-state index in [1.807, 2.05) is 214 Å². The van der Waals surface area contributed by atoms with Gasteiger partial charge in [-0.1, -0.05) is 95.1 Å². The molecule has 0 saturated carbocycles. The summed E-state index contributed by atoms with van der Waals surface area (Å²) in [4.78, 5) is 67.5. The number of benzene rings is 6. The van der Waals surface area contributed by atoms with Gasteiger partial charge in [0.1, 0.15) is 88.0 Å². The van der Waals surface area contributed by atoms with Crippen molar-refractivity contribution >= 4 is 68.3 Å². The molecule has 0 fully saturated rings. The summed E-state index contributed by atoms with van der Waals surface area (Å²) in [5.74, 6) is 5.08. The maximum atomic E-state index is 12.4. The number of nitrogens with one attached hydrogen (secondary N) is 2. The molecule has 0 aliphatic carbocycles. The minimum atomic E-state index is -0.202. The van der Waals surface area contributed by atoms with Gasteiger partial charge >= 0.3 is 0 Å². The number of carbonyl (C=O) groups is 3. The van der Waals surface area contributed by atoms with Gasteiger partial charge in [0.05, 0.1) is 42.4 Å². The zero-order valence-corrected chi connectivity index (χ0v) is 57.4. The second-order valence-electron chi connectivity index (χ2n) is 23.4. The molecule has 546 valence electrons. The summed E-state index contributed by atoms with van der Waals surface area (Å²) in [6.07, 6.45) is 14.1. The fraction of sp³-hybridized carbons (Fsp3) is 0.231. The van der Waals surface area contributed by atoms with Crippen molar-refractivity contribution in [2.75, 3.05) is 98.9 Å². The molecule has 0 saturated heterocycles. The Hall–Kier alpha value is -12.7. The van der Waals surface area contributed by atoms with E-state index >= 15 is 0 Å². The van der Waals surface area contributed by atoms with Crippen molar-refractivity contribution < 1.29 is 33.3 Å². The van der Waals surface area contributed by atoms with Gasteiger partial charge in [-0.25, -0.2) is 43.9 Å². The zero-order chi connectivity index (χ0) is 71.7. The Kier molecular flexibility index (Phi) is 29.9. The minimum absolute atomic E-state index is 0. The van der Waals surface area contributed by atoms with E-state index in [2.05, 4.69) is 40.5 Å². The highest BCUT2D eigenvalue weighted by Gasteiger charge is 2.21. The summed E-state index contributed by atoms with van der Waals surface area (Å²) < 4.78 is 27.8. The molecule has 3 amide bonds. The number of aromatic nitrogens is 12. The van der Waals surface area contributed by atoms with Gasteiger partial charge in [0.25, 0.3) is 0 Å². The van der Waals surface area contributed by atoms with Gasteiger partial charge in [-0.3, -0.25) is 14.4 Å². The number of likely N-dealkylation sites (N-methyl/N-ethyl adjacent to an activating group) is 3. The number of anilines is 3. The van der Waals surface area contributed by atoms with Gasteiger partial charge in [0, 0.05) is 81.8 Å². The number of methoxy groups -OCH3 is 1. The number of fused-ring (bicyclic) bond motifs is 3. The highest BCUT2D eigenvalue weighted by Crippen LogP contribution is 2.35. The summed E-state index contributed by atoms with van der Waals surface area (Å²) in [6, 6.07) is 51.6. The predicted molar refractivity (Wildman–Crippen MR) is 415 cm³/mol. The Morgan fingerprint density at radius 1 is 0.419 bits per heavy atom. The fourth-order valence-electron chi connectivity index (χ4n) is 10.2. The summed E-state index contributed by atoms with van der Waals surface area (Å²) in [5.41, 5.74) is 25.0. The van der Waals surface area contributed by atoms with Crippen LogP contribution in [0.2, 0.25) is 0 Å². The number of nitrogens with two attached hydrogens (primary N) is 3. The van der Waals surface area contributed by atoms with Gasteiger partial charge in [-0.15, -0.1) is 0 Å². The van der Waals surface area contributed by atoms with Crippen molar-refractivity contribution in [3.63, 3.8) is 0 Å². The molecular formula is C78H92N20O7. The van der Waals surface area contributed by atoms with Gasteiger partial charge in [-0.05, 0) is 137 Å². The zero-order valence-electron chi connectivity index (χ0n) is 57.4. The van der Waals surface area contributed by atoms with E-state index in [1.165, 1.54) is 31.1 Å². The number of hydrogen-bond acceptors (Lipinski definition) is 21. The van der Waals surface area contributed by atoms with Gasteiger partial charge in [-0.2, -0.15) is 15.3 Å². The lowest BCUT2D eigenvalue weighted by Gasteiger charge is -2.15. The normalized spacial score (nSPS) is 11.0. The molecule has 0 spiro atoms. The number of carbonyl (C=O) groups excluding carboxylic acids is 3. The van der Waals surface area contributed by atoms with Crippen molar-refractivity contribution in [3.05, 3.63) is 219 Å². The first-order chi connectivity index (χ1) is 49.6. The number of amides is 3. The third kappa shape index (κ3) is 22.1. The summed E-state index contributed by atoms with van der Waals surface area (Å²) in [6.45, 7) is 4.35. The van der Waals surface area contributed by atoms with E-state index < -0.39 is 0 Å². The number of hydrogen-bond donors (Lipinski definition) is 5. The number of nitrogen functional groups attached to an aromatic ring is 3. The fourth-order valence-corrected chi connectivity index (χ4v) is 10.2. The van der Waals surface area contributed by atoms with Crippen LogP contribution in [0.4, 0.5) is 17.5 Å². The average Bonchev–Trinajstić information content (AvgIpc) is 1.65. The Morgan fingerprint density at radius 3 is 1.07 bits per heavy atom. The SMILES string of the molecule is C.C.C.CN(C)C/C=C/C(=O)N(C)CCn1nc(-c2ccc(Oc3ccccc3)cc2)c2c(N)ncnc21.CN(C)C/C=C/C(=O)NCCn1nc(-c2ccc(Oc3ccccc3)cc2)c2c(N)ncnc21.COC/C=C/C(=O)NCCn1nc(-c2ccc(Oc3ccccc3)cc2)c2c(N)ncnc21. The standard InChI is InChI=1S/C26H29N7O2.C25H27N7O2.C24H24N6O3.3CH4/c1-31(2)15-7-10-22(34)32(3)16-17-33-26-23(25(27)28-18-29-26)24(30-33)19-11-13-21(14-12-19)35-20-8-5-4-6-9-20;1-31(2)15-6-9-21(33)27-14-16-32-25-22(24(26)28-17-29-25)23(30-32)18-10-12-20(13-11-18)34-19-7-4-3-5-8-19;1-32-15-5-8-20(31)26-13-14-30-24-21(23(25)27-16-28-24)22(29-30)17-9-11-19(12-10-17)33-18-6-3-2-4-7-18;;;/h4-14,18H,15-17H2,1-3H3,(H2,27,28,29);3-13,17H,14-16H2,1-2H3,(H,27,33)(H2,26,28,29);2-12,16H,13-15H2,1H3,(H,26,31)(H2,25,27,28);3*1H4/b10-7+;9-6+;8-5+;;;. The van der Waals surface area contributed by atoms with E-state index in [9.17, 15) is 14.4 Å². The predicted octanol–water partition coefficient (Wildman–Crippen LogP) is 11.6. The van der Waals surface area contributed by atoms with Crippen LogP contribution in [0.5, 0.6) is 34.5 Å². The number of rotatable bonds is 27. The van der Waals surface area contributed by atoms with Crippen LogP contribution >= 0.6 is 0 Å². The highest BCUT2D eigenvalue weighted by atomic mass is 16.5. The quantitative estimate of drug-likeness (QED) is 0.0299. The molecule has 27 nitrogen and oxygen atoms in total. The lowest BCUT2D eigenvalue weighted by Crippen LogP contribution is -2.29. The lowest BCUT2D eigenvalue weighted by atomic mass is 10.1. The number of para-hydroxylation sites is 3. The molecule has 6 aromatic heterocycles. The third-order valence-corrected chi connectivity index (χ3v) is 15.3. The average molecular weight is 1420 g/mol. The lowest BCUT2D eigenvalue weighted by molar-refractivity contribution is -0.125. The molecule has 0 aliphatic heterocycles.